The molecule has 0 aromatic carbocycles. The van der Waals surface area contributed by atoms with Crippen LogP contribution in [0.3, 0.4) is 0 Å². The summed E-state index contributed by atoms with van der Waals surface area (Å²) in [5.41, 5.74) is 0. The minimum atomic E-state index is -2.60. The Morgan fingerprint density at radius 3 is 2.75 bits per heavy atom. The molecule has 1 N–H and O–H groups in total. The molecule has 1 aliphatic heterocycles. The zero-order valence-electron chi connectivity index (χ0n) is 9.45. The Kier molecular flexibility index (Phi) is 3.07. The predicted molar refractivity (Wildman–Crippen MR) is 56.6 cm³/mol. The van der Waals surface area contributed by atoms with Gasteiger partial charge in [-0.15, -0.1) is 5.10 Å². The van der Waals surface area contributed by atoms with E-state index in [0.717, 1.165) is 19.3 Å². The van der Waals surface area contributed by atoms with Gasteiger partial charge in [0.2, 0.25) is 11.8 Å². The van der Waals surface area contributed by atoms with Gasteiger partial charge in [0.15, 0.2) is 0 Å². The molecule has 4 nitrogen and oxygen atoms in total. The van der Waals surface area contributed by atoms with Crippen LogP contribution < -0.4 is 5.32 Å². The molecule has 2 heterocycles. The molecule has 0 fully saturated rings. The number of halogens is 2. The number of anilines is 1. The van der Waals surface area contributed by atoms with Gasteiger partial charge in [-0.3, -0.25) is 0 Å². The standard InChI is InChI=1S/C10H16F2N4/c1-3-6-5-7(4-2)16-10(13-6)14-9(15-16)8(11)12/h6-8H,3-5H2,1-2H3,(H,13,14,15). The van der Waals surface area contributed by atoms with E-state index < -0.39 is 6.43 Å². The van der Waals surface area contributed by atoms with Crippen molar-refractivity contribution in [1.29, 1.82) is 0 Å². The fourth-order valence-electron chi connectivity index (χ4n) is 2.06. The van der Waals surface area contributed by atoms with E-state index in [2.05, 4.69) is 22.3 Å². The van der Waals surface area contributed by atoms with Crippen LogP contribution in [0.25, 0.3) is 0 Å². The first-order valence-electron chi connectivity index (χ1n) is 5.66. The molecular weight excluding hydrogens is 214 g/mol. The first-order chi connectivity index (χ1) is 7.65. The molecule has 0 radical (unpaired) electrons. The van der Waals surface area contributed by atoms with E-state index in [9.17, 15) is 8.78 Å². The van der Waals surface area contributed by atoms with Gasteiger partial charge in [0.25, 0.3) is 6.43 Å². The number of nitrogens with one attached hydrogen (secondary N) is 1. The number of nitrogens with zero attached hydrogens (tertiary/aromatic N) is 3. The highest BCUT2D eigenvalue weighted by molar-refractivity contribution is 5.30. The SMILES string of the molecule is CCC1CC(CC)n2nc(C(F)F)nc2N1. The molecule has 2 unspecified atom stereocenters. The number of hydrogen-bond acceptors (Lipinski definition) is 3. The summed E-state index contributed by atoms with van der Waals surface area (Å²) >= 11 is 0. The first kappa shape index (κ1) is 11.3. The monoisotopic (exact) mass is 230 g/mol. The van der Waals surface area contributed by atoms with E-state index in [1.165, 1.54) is 0 Å². The average Bonchev–Trinajstić information content (AvgIpc) is 2.71. The van der Waals surface area contributed by atoms with E-state index >= 15 is 0 Å². The number of hydrogen-bond donors (Lipinski definition) is 1. The summed E-state index contributed by atoms with van der Waals surface area (Å²) in [5, 5.41) is 7.01. The fourth-order valence-corrected chi connectivity index (χ4v) is 2.06. The van der Waals surface area contributed by atoms with E-state index in [1.807, 2.05) is 6.92 Å². The summed E-state index contributed by atoms with van der Waals surface area (Å²) < 4.78 is 26.6. The normalized spacial score (nSPS) is 24.3. The third kappa shape index (κ3) is 1.88. The van der Waals surface area contributed by atoms with Crippen molar-refractivity contribution in [2.75, 3.05) is 5.32 Å². The smallest absolute Gasteiger partial charge is 0.299 e. The van der Waals surface area contributed by atoms with E-state index in [4.69, 9.17) is 0 Å². The quantitative estimate of drug-likeness (QED) is 0.868. The van der Waals surface area contributed by atoms with Gasteiger partial charge in [0.1, 0.15) is 0 Å². The van der Waals surface area contributed by atoms with Crippen LogP contribution in [0.2, 0.25) is 0 Å². The summed E-state index contributed by atoms with van der Waals surface area (Å²) in [6, 6.07) is 0.494. The van der Waals surface area contributed by atoms with Crippen molar-refractivity contribution in [3.8, 4) is 0 Å². The summed E-state index contributed by atoms with van der Waals surface area (Å²) in [6.07, 6.45) is 0.175. The molecule has 0 bridgehead atoms. The van der Waals surface area contributed by atoms with Crippen LogP contribution in [0.15, 0.2) is 0 Å². The summed E-state index contributed by atoms with van der Waals surface area (Å²) in [4.78, 5) is 3.84. The minimum absolute atomic E-state index is 0.182. The maximum atomic E-state index is 12.5. The second-order valence-corrected chi connectivity index (χ2v) is 4.09. The average molecular weight is 230 g/mol. The van der Waals surface area contributed by atoms with Crippen molar-refractivity contribution in [2.24, 2.45) is 0 Å². The third-order valence-corrected chi connectivity index (χ3v) is 3.04. The Bertz CT molecular complexity index is 364. The van der Waals surface area contributed by atoms with Gasteiger partial charge < -0.3 is 5.32 Å². The van der Waals surface area contributed by atoms with Crippen LogP contribution in [0.5, 0.6) is 0 Å². The van der Waals surface area contributed by atoms with Gasteiger partial charge in [0.05, 0.1) is 6.04 Å². The lowest BCUT2D eigenvalue weighted by molar-refractivity contribution is 0.139. The van der Waals surface area contributed by atoms with Crippen LogP contribution >= 0.6 is 0 Å². The summed E-state index contributed by atoms with van der Waals surface area (Å²) in [7, 11) is 0. The van der Waals surface area contributed by atoms with Crippen molar-refractivity contribution in [3.05, 3.63) is 5.82 Å². The molecule has 0 aliphatic carbocycles. The van der Waals surface area contributed by atoms with Crippen LogP contribution in [-0.2, 0) is 0 Å². The van der Waals surface area contributed by atoms with Crippen LogP contribution in [0.4, 0.5) is 14.7 Å². The second kappa shape index (κ2) is 4.35. The molecule has 16 heavy (non-hydrogen) atoms. The second-order valence-electron chi connectivity index (χ2n) is 4.09. The van der Waals surface area contributed by atoms with Crippen LogP contribution in [0, 0.1) is 0 Å². The molecule has 0 amide bonds. The van der Waals surface area contributed by atoms with Crippen molar-refractivity contribution in [3.63, 3.8) is 0 Å². The molecule has 0 spiro atoms. The summed E-state index contributed by atoms with van der Waals surface area (Å²) in [5.74, 6) is 0.109. The molecule has 2 atom stereocenters. The molecule has 2 rings (SSSR count). The molecule has 1 aromatic rings. The van der Waals surface area contributed by atoms with E-state index in [1.54, 1.807) is 4.68 Å². The minimum Gasteiger partial charge on any atom is -0.352 e. The molecule has 6 heteroatoms. The molecule has 0 saturated heterocycles. The highest BCUT2D eigenvalue weighted by atomic mass is 19.3. The van der Waals surface area contributed by atoms with E-state index in [-0.39, 0.29) is 11.9 Å². The molecule has 0 saturated carbocycles. The highest BCUT2D eigenvalue weighted by Crippen LogP contribution is 2.30. The number of fused-ring (bicyclic) bond motifs is 1. The Hall–Kier alpha value is -1.20. The van der Waals surface area contributed by atoms with Gasteiger partial charge in [-0.25, -0.2) is 13.5 Å². The molecular formula is C10H16F2N4. The Morgan fingerprint density at radius 1 is 1.44 bits per heavy atom. The van der Waals surface area contributed by atoms with Gasteiger partial charge in [-0.2, -0.15) is 4.98 Å². The Balaban J connectivity index is 2.31. The fraction of sp³-hybridized carbons (Fsp3) is 0.800. The lowest BCUT2D eigenvalue weighted by Crippen LogP contribution is -2.31. The Morgan fingerprint density at radius 2 is 2.19 bits per heavy atom. The zero-order chi connectivity index (χ0) is 11.7. The maximum absolute atomic E-state index is 12.5. The highest BCUT2D eigenvalue weighted by Gasteiger charge is 2.28. The van der Waals surface area contributed by atoms with Crippen molar-refractivity contribution in [1.82, 2.24) is 14.8 Å². The first-order valence-corrected chi connectivity index (χ1v) is 5.66. The summed E-state index contributed by atoms with van der Waals surface area (Å²) in [6.45, 7) is 4.11. The zero-order valence-corrected chi connectivity index (χ0v) is 9.45. The van der Waals surface area contributed by atoms with Crippen molar-refractivity contribution >= 4 is 5.95 Å². The van der Waals surface area contributed by atoms with Gasteiger partial charge >= 0.3 is 0 Å². The van der Waals surface area contributed by atoms with Gasteiger partial charge in [0, 0.05) is 6.04 Å². The van der Waals surface area contributed by atoms with Crippen LogP contribution in [0.1, 0.15) is 51.4 Å². The predicted octanol–water partition coefficient (Wildman–Crippen LogP) is 2.76. The van der Waals surface area contributed by atoms with Crippen LogP contribution in [-0.4, -0.2) is 20.8 Å². The third-order valence-electron chi connectivity index (χ3n) is 3.04. The van der Waals surface area contributed by atoms with Gasteiger partial charge in [-0.1, -0.05) is 13.8 Å². The van der Waals surface area contributed by atoms with Gasteiger partial charge in [-0.05, 0) is 19.3 Å². The largest absolute Gasteiger partial charge is 0.352 e. The lowest BCUT2D eigenvalue weighted by Gasteiger charge is -2.29. The molecule has 90 valence electrons. The number of alkyl halides is 2. The molecule has 1 aromatic heterocycles. The van der Waals surface area contributed by atoms with E-state index in [0.29, 0.717) is 12.0 Å². The molecule has 1 aliphatic rings. The number of aromatic nitrogens is 3. The Labute approximate surface area is 93.1 Å². The lowest BCUT2D eigenvalue weighted by atomic mass is 10.0. The van der Waals surface area contributed by atoms with Crippen molar-refractivity contribution < 1.29 is 8.78 Å². The number of rotatable bonds is 3. The van der Waals surface area contributed by atoms with Crippen molar-refractivity contribution in [2.45, 2.75) is 51.6 Å². The maximum Gasteiger partial charge on any atom is 0.299 e. The topological polar surface area (TPSA) is 42.7 Å².